The zero-order chi connectivity index (χ0) is 22.9. The molecule has 0 saturated carbocycles. The van der Waals surface area contributed by atoms with E-state index in [0.29, 0.717) is 0 Å². The highest BCUT2D eigenvalue weighted by atomic mass is 16.5. The molecule has 0 spiro atoms. The highest BCUT2D eigenvalue weighted by Gasteiger charge is 2.32. The third kappa shape index (κ3) is 3.94. The smallest absolute Gasteiger partial charge is 0.411 e. The summed E-state index contributed by atoms with van der Waals surface area (Å²) in [4.78, 5) is 36.1. The summed E-state index contributed by atoms with van der Waals surface area (Å²) >= 11 is 0. The molecule has 3 aromatic rings. The number of carbonyl (C=O) groups is 3. The van der Waals surface area contributed by atoms with E-state index < -0.39 is 23.5 Å². The highest BCUT2D eigenvalue weighted by molar-refractivity contribution is 6.02. The van der Waals surface area contributed by atoms with Gasteiger partial charge in [0, 0.05) is 12.0 Å². The second-order valence-electron chi connectivity index (χ2n) is 8.00. The summed E-state index contributed by atoms with van der Waals surface area (Å²) in [6.07, 6.45) is 0.474. The Hall–Kier alpha value is -4.07. The summed E-state index contributed by atoms with van der Waals surface area (Å²) in [6.45, 7) is 2.80. The lowest BCUT2D eigenvalue weighted by Crippen LogP contribution is -2.49. The molecule has 0 atom stereocenters. The van der Waals surface area contributed by atoms with Crippen LogP contribution in [0.15, 0.2) is 65.3 Å². The lowest BCUT2D eigenvalue weighted by Gasteiger charge is -2.20. The van der Waals surface area contributed by atoms with E-state index >= 15 is 0 Å². The van der Waals surface area contributed by atoms with Gasteiger partial charge in [0.25, 0.3) is 5.91 Å². The second-order valence-corrected chi connectivity index (χ2v) is 8.00. The van der Waals surface area contributed by atoms with Gasteiger partial charge in [0.15, 0.2) is 0 Å². The Balaban J connectivity index is 1.44. The number of amides is 2. The van der Waals surface area contributed by atoms with Crippen molar-refractivity contribution < 1.29 is 28.6 Å². The number of ether oxygens (including phenoxy) is 1. The van der Waals surface area contributed by atoms with Crippen LogP contribution in [-0.4, -0.2) is 35.2 Å². The van der Waals surface area contributed by atoms with Gasteiger partial charge in [0.05, 0.1) is 12.0 Å². The van der Waals surface area contributed by atoms with Crippen LogP contribution in [0.2, 0.25) is 0 Å². The van der Waals surface area contributed by atoms with Crippen molar-refractivity contribution in [2.45, 2.75) is 25.3 Å². The first-order valence-electron chi connectivity index (χ1n) is 10.0. The number of fused-ring (bicyclic) bond motifs is 3. The van der Waals surface area contributed by atoms with Crippen molar-refractivity contribution in [3.05, 3.63) is 77.7 Å². The standard InChI is InChI=1S/C24H22N2O6/c1-24(2,22(28)29)26-21(27)20-19(11-12-31-20)25-23(30)32-13-18-16-9-5-3-7-14(16)15-8-4-6-10-17(15)18/h3-12,18H,13H2,1-2H3,(H,25,30)(H,26,27)(H,28,29). The van der Waals surface area contributed by atoms with E-state index in [1.807, 2.05) is 48.5 Å². The fraction of sp³-hybridized carbons (Fsp3) is 0.208. The van der Waals surface area contributed by atoms with Crippen LogP contribution in [-0.2, 0) is 9.53 Å². The summed E-state index contributed by atoms with van der Waals surface area (Å²) in [7, 11) is 0. The van der Waals surface area contributed by atoms with E-state index in [9.17, 15) is 19.5 Å². The summed E-state index contributed by atoms with van der Waals surface area (Å²) in [5.41, 5.74) is 2.98. The number of nitrogens with one attached hydrogen (secondary N) is 2. The number of hydrogen-bond acceptors (Lipinski definition) is 5. The van der Waals surface area contributed by atoms with Crippen molar-refractivity contribution in [1.82, 2.24) is 5.32 Å². The highest BCUT2D eigenvalue weighted by Crippen LogP contribution is 2.44. The van der Waals surface area contributed by atoms with Gasteiger partial charge >= 0.3 is 12.1 Å². The van der Waals surface area contributed by atoms with Gasteiger partial charge in [-0.15, -0.1) is 0 Å². The molecule has 0 saturated heterocycles. The molecule has 32 heavy (non-hydrogen) atoms. The van der Waals surface area contributed by atoms with Gasteiger partial charge in [-0.3, -0.25) is 10.1 Å². The maximum Gasteiger partial charge on any atom is 0.411 e. The van der Waals surface area contributed by atoms with Crippen molar-refractivity contribution in [3.63, 3.8) is 0 Å². The molecule has 1 aliphatic rings. The topological polar surface area (TPSA) is 118 Å². The first kappa shape index (κ1) is 21.2. The van der Waals surface area contributed by atoms with Gasteiger partial charge in [-0.1, -0.05) is 48.5 Å². The Morgan fingerprint density at radius 1 is 1.00 bits per heavy atom. The van der Waals surface area contributed by atoms with Crippen LogP contribution in [0.25, 0.3) is 11.1 Å². The maximum atomic E-state index is 12.5. The molecule has 0 unspecified atom stereocenters. The van der Waals surface area contributed by atoms with Crippen LogP contribution in [0.4, 0.5) is 10.5 Å². The molecule has 8 nitrogen and oxygen atoms in total. The molecule has 0 bridgehead atoms. The van der Waals surface area contributed by atoms with Crippen molar-refractivity contribution in [2.75, 3.05) is 11.9 Å². The van der Waals surface area contributed by atoms with E-state index in [1.54, 1.807) is 0 Å². The molecule has 2 amide bonds. The number of rotatable bonds is 6. The average molecular weight is 434 g/mol. The molecule has 8 heteroatoms. The average Bonchev–Trinajstić information content (AvgIpc) is 3.34. The Morgan fingerprint density at radius 3 is 2.19 bits per heavy atom. The van der Waals surface area contributed by atoms with Gasteiger partial charge in [0.2, 0.25) is 5.76 Å². The summed E-state index contributed by atoms with van der Waals surface area (Å²) in [5.74, 6) is -2.29. The maximum absolute atomic E-state index is 12.5. The summed E-state index contributed by atoms with van der Waals surface area (Å²) in [5, 5.41) is 14.0. The molecule has 1 aromatic heterocycles. The second kappa shape index (κ2) is 8.22. The Morgan fingerprint density at radius 2 is 1.59 bits per heavy atom. The third-order valence-electron chi connectivity index (χ3n) is 5.41. The first-order chi connectivity index (χ1) is 15.3. The minimum Gasteiger partial charge on any atom is -0.480 e. The minimum absolute atomic E-state index is 0.0842. The van der Waals surface area contributed by atoms with E-state index in [4.69, 9.17) is 9.15 Å². The molecule has 0 aliphatic heterocycles. The minimum atomic E-state index is -1.51. The summed E-state index contributed by atoms with van der Waals surface area (Å²) < 4.78 is 10.6. The van der Waals surface area contributed by atoms with E-state index in [-0.39, 0.29) is 24.0 Å². The van der Waals surface area contributed by atoms with Crippen LogP contribution in [0.5, 0.6) is 0 Å². The molecule has 1 aliphatic carbocycles. The zero-order valence-corrected chi connectivity index (χ0v) is 17.5. The fourth-order valence-corrected chi connectivity index (χ4v) is 3.72. The first-order valence-corrected chi connectivity index (χ1v) is 10.0. The van der Waals surface area contributed by atoms with E-state index in [0.717, 1.165) is 22.3 Å². The van der Waals surface area contributed by atoms with Crippen molar-refractivity contribution >= 4 is 23.7 Å². The van der Waals surface area contributed by atoms with Gasteiger partial charge in [-0.05, 0) is 36.1 Å². The van der Waals surface area contributed by atoms with Crippen LogP contribution in [0, 0.1) is 0 Å². The Bertz CT molecular complexity index is 1150. The largest absolute Gasteiger partial charge is 0.480 e. The van der Waals surface area contributed by atoms with E-state index in [2.05, 4.69) is 10.6 Å². The molecule has 0 radical (unpaired) electrons. The zero-order valence-electron chi connectivity index (χ0n) is 17.5. The third-order valence-corrected chi connectivity index (χ3v) is 5.41. The SMILES string of the molecule is CC(C)(NC(=O)c1occc1NC(=O)OCC1c2ccccc2-c2ccccc21)C(=O)O. The van der Waals surface area contributed by atoms with Crippen LogP contribution in [0.1, 0.15) is 41.4 Å². The fourth-order valence-electron chi connectivity index (χ4n) is 3.72. The molecule has 4 rings (SSSR count). The number of benzene rings is 2. The molecule has 2 aromatic carbocycles. The number of furan rings is 1. The Kier molecular flexibility index (Phi) is 5.44. The molecule has 0 fully saturated rings. The monoisotopic (exact) mass is 434 g/mol. The van der Waals surface area contributed by atoms with E-state index in [1.165, 1.54) is 26.2 Å². The number of anilines is 1. The predicted molar refractivity (Wildman–Crippen MR) is 117 cm³/mol. The van der Waals surface area contributed by atoms with Crippen LogP contribution < -0.4 is 10.6 Å². The number of carboxylic acids is 1. The lowest BCUT2D eigenvalue weighted by molar-refractivity contribution is -0.143. The van der Waals surface area contributed by atoms with Crippen LogP contribution in [0.3, 0.4) is 0 Å². The molecule has 164 valence electrons. The lowest BCUT2D eigenvalue weighted by atomic mass is 9.98. The van der Waals surface area contributed by atoms with Gasteiger partial charge in [-0.2, -0.15) is 0 Å². The number of aliphatic carboxylic acids is 1. The number of carbonyl (C=O) groups excluding carboxylic acids is 2. The van der Waals surface area contributed by atoms with Crippen LogP contribution >= 0.6 is 0 Å². The summed E-state index contributed by atoms with van der Waals surface area (Å²) in [6, 6.07) is 17.4. The molecular formula is C24H22N2O6. The van der Waals surface area contributed by atoms with Crippen molar-refractivity contribution in [1.29, 1.82) is 0 Å². The molecular weight excluding hydrogens is 412 g/mol. The van der Waals surface area contributed by atoms with Gasteiger partial charge < -0.3 is 19.6 Å². The predicted octanol–water partition coefficient (Wildman–Crippen LogP) is 4.23. The quantitative estimate of drug-likeness (QED) is 0.534. The number of carboxylic acid groups (broad SMARTS) is 1. The molecule has 1 heterocycles. The van der Waals surface area contributed by atoms with Gasteiger partial charge in [-0.25, -0.2) is 9.59 Å². The number of hydrogen-bond donors (Lipinski definition) is 3. The Labute approximate surface area is 184 Å². The van der Waals surface area contributed by atoms with Crippen molar-refractivity contribution in [3.8, 4) is 11.1 Å². The normalized spacial score (nSPS) is 12.6. The van der Waals surface area contributed by atoms with Gasteiger partial charge in [0.1, 0.15) is 12.1 Å². The molecule has 3 N–H and O–H groups in total. The van der Waals surface area contributed by atoms with Crippen molar-refractivity contribution in [2.24, 2.45) is 0 Å².